The first-order valence-electron chi connectivity index (χ1n) is 6.65. The maximum absolute atomic E-state index is 5.17. The van der Waals surface area contributed by atoms with E-state index in [0.29, 0.717) is 12.1 Å². The number of rotatable bonds is 7. The zero-order valence-corrected chi connectivity index (χ0v) is 11.5. The van der Waals surface area contributed by atoms with Gasteiger partial charge in [-0.15, -0.1) is 0 Å². The predicted molar refractivity (Wildman–Crippen MR) is 74.0 cm³/mol. The van der Waals surface area contributed by atoms with Crippen LogP contribution in [-0.2, 0) is 4.74 Å². The number of nitrogens with zero attached hydrogens (tertiary/aromatic N) is 2. The van der Waals surface area contributed by atoms with Gasteiger partial charge in [0, 0.05) is 31.9 Å². The molecule has 0 aromatic carbocycles. The van der Waals surface area contributed by atoms with E-state index >= 15 is 0 Å². The highest BCUT2D eigenvalue weighted by Gasteiger charge is 2.29. The maximum atomic E-state index is 5.17. The Morgan fingerprint density at radius 2 is 2.28 bits per heavy atom. The first kappa shape index (κ1) is 13.3. The molecular formula is C14H23N3O. The molecule has 0 amide bonds. The topological polar surface area (TPSA) is 37.4 Å². The molecule has 2 rings (SSSR count). The number of pyridine rings is 1. The smallest absolute Gasteiger partial charge is 0.128 e. The first-order chi connectivity index (χ1) is 8.76. The number of methoxy groups -OCH3 is 1. The lowest BCUT2D eigenvalue weighted by atomic mass is 10.1. The zero-order valence-electron chi connectivity index (χ0n) is 11.5. The van der Waals surface area contributed by atoms with E-state index in [1.165, 1.54) is 18.4 Å². The van der Waals surface area contributed by atoms with E-state index in [2.05, 4.69) is 34.3 Å². The standard InChI is InChI=1S/C14H23N3O/c1-11(15-2)12-4-7-14(16-10-12)17(8-9-18-3)13-5-6-13/h4,7,10-11,13,15H,5-6,8-9H2,1-3H3. The number of hydrogen-bond donors (Lipinski definition) is 1. The highest BCUT2D eigenvalue weighted by molar-refractivity contribution is 5.42. The van der Waals surface area contributed by atoms with Gasteiger partial charge in [0.2, 0.25) is 0 Å². The zero-order chi connectivity index (χ0) is 13.0. The third-order valence-electron chi connectivity index (χ3n) is 3.52. The summed E-state index contributed by atoms with van der Waals surface area (Å²) in [5.74, 6) is 1.07. The number of hydrogen-bond acceptors (Lipinski definition) is 4. The molecule has 1 aromatic rings. The second kappa shape index (κ2) is 6.16. The van der Waals surface area contributed by atoms with Crippen LogP contribution in [0, 0.1) is 0 Å². The van der Waals surface area contributed by atoms with Gasteiger partial charge in [0.25, 0.3) is 0 Å². The molecule has 18 heavy (non-hydrogen) atoms. The SMILES string of the molecule is CNC(C)c1ccc(N(CCOC)C2CC2)nc1. The Bertz CT molecular complexity index is 362. The van der Waals surface area contributed by atoms with Crippen LogP contribution in [0.3, 0.4) is 0 Å². The highest BCUT2D eigenvalue weighted by Crippen LogP contribution is 2.30. The van der Waals surface area contributed by atoms with Crippen molar-refractivity contribution in [2.45, 2.75) is 31.8 Å². The number of ether oxygens (including phenoxy) is 1. The molecule has 100 valence electrons. The van der Waals surface area contributed by atoms with Crippen molar-refractivity contribution in [2.75, 3.05) is 32.2 Å². The van der Waals surface area contributed by atoms with Gasteiger partial charge in [0.15, 0.2) is 0 Å². The van der Waals surface area contributed by atoms with Crippen molar-refractivity contribution in [1.29, 1.82) is 0 Å². The van der Waals surface area contributed by atoms with E-state index in [1.54, 1.807) is 7.11 Å². The summed E-state index contributed by atoms with van der Waals surface area (Å²) in [5.41, 5.74) is 1.23. The van der Waals surface area contributed by atoms with Gasteiger partial charge in [-0.2, -0.15) is 0 Å². The fourth-order valence-electron chi connectivity index (χ4n) is 2.05. The summed E-state index contributed by atoms with van der Waals surface area (Å²) in [6.07, 6.45) is 4.53. The molecule has 0 saturated heterocycles. The molecule has 1 atom stereocenters. The summed E-state index contributed by atoms with van der Waals surface area (Å²) in [7, 11) is 3.71. The number of anilines is 1. The van der Waals surface area contributed by atoms with Crippen molar-refractivity contribution in [3.05, 3.63) is 23.9 Å². The van der Waals surface area contributed by atoms with Crippen LogP contribution in [-0.4, -0.2) is 38.3 Å². The van der Waals surface area contributed by atoms with Gasteiger partial charge in [-0.05, 0) is 38.4 Å². The Morgan fingerprint density at radius 1 is 1.50 bits per heavy atom. The quantitative estimate of drug-likeness (QED) is 0.802. The molecule has 1 aliphatic rings. The molecule has 0 aliphatic heterocycles. The fraction of sp³-hybridized carbons (Fsp3) is 0.643. The van der Waals surface area contributed by atoms with Gasteiger partial charge >= 0.3 is 0 Å². The summed E-state index contributed by atoms with van der Waals surface area (Å²) in [6, 6.07) is 5.29. The summed E-state index contributed by atoms with van der Waals surface area (Å²) >= 11 is 0. The van der Waals surface area contributed by atoms with Crippen LogP contribution < -0.4 is 10.2 Å². The molecule has 0 radical (unpaired) electrons. The molecule has 1 heterocycles. The molecule has 1 aromatic heterocycles. The van der Waals surface area contributed by atoms with Crippen LogP contribution in [0.1, 0.15) is 31.4 Å². The van der Waals surface area contributed by atoms with Crippen molar-refractivity contribution < 1.29 is 4.74 Å². The third kappa shape index (κ3) is 3.21. The molecule has 1 unspecified atom stereocenters. The van der Waals surface area contributed by atoms with Gasteiger partial charge in [0.1, 0.15) is 5.82 Å². The summed E-state index contributed by atoms with van der Waals surface area (Å²) < 4.78 is 5.17. The summed E-state index contributed by atoms with van der Waals surface area (Å²) in [5, 5.41) is 3.23. The minimum absolute atomic E-state index is 0.347. The van der Waals surface area contributed by atoms with Crippen LogP contribution in [0.4, 0.5) is 5.82 Å². The summed E-state index contributed by atoms with van der Waals surface area (Å²) in [4.78, 5) is 6.95. The molecule has 1 saturated carbocycles. The van der Waals surface area contributed by atoms with Gasteiger partial charge in [-0.1, -0.05) is 6.07 Å². The molecular weight excluding hydrogens is 226 g/mol. The van der Waals surface area contributed by atoms with Crippen molar-refractivity contribution in [3.8, 4) is 0 Å². The van der Waals surface area contributed by atoms with Crippen LogP contribution in [0.5, 0.6) is 0 Å². The Morgan fingerprint density at radius 3 is 2.78 bits per heavy atom. The molecule has 4 heteroatoms. The van der Waals surface area contributed by atoms with Crippen LogP contribution in [0.15, 0.2) is 18.3 Å². The van der Waals surface area contributed by atoms with E-state index < -0.39 is 0 Å². The number of aromatic nitrogens is 1. The minimum Gasteiger partial charge on any atom is -0.383 e. The Balaban J connectivity index is 2.05. The molecule has 0 spiro atoms. The van der Waals surface area contributed by atoms with Gasteiger partial charge in [0.05, 0.1) is 6.61 Å². The normalized spacial score (nSPS) is 16.6. The van der Waals surface area contributed by atoms with Gasteiger partial charge < -0.3 is 15.0 Å². The summed E-state index contributed by atoms with van der Waals surface area (Å²) in [6.45, 7) is 3.82. The van der Waals surface area contributed by atoms with E-state index in [4.69, 9.17) is 4.74 Å². The highest BCUT2D eigenvalue weighted by atomic mass is 16.5. The second-order valence-electron chi connectivity index (χ2n) is 4.88. The van der Waals surface area contributed by atoms with Crippen molar-refractivity contribution in [2.24, 2.45) is 0 Å². The van der Waals surface area contributed by atoms with Crippen LogP contribution >= 0.6 is 0 Å². The fourth-order valence-corrected chi connectivity index (χ4v) is 2.05. The molecule has 4 nitrogen and oxygen atoms in total. The monoisotopic (exact) mass is 249 g/mol. The Hall–Kier alpha value is -1.13. The minimum atomic E-state index is 0.347. The average molecular weight is 249 g/mol. The predicted octanol–water partition coefficient (Wildman–Crippen LogP) is 1.98. The average Bonchev–Trinajstić information content (AvgIpc) is 3.24. The number of nitrogens with one attached hydrogen (secondary N) is 1. The molecule has 0 bridgehead atoms. The lowest BCUT2D eigenvalue weighted by molar-refractivity contribution is 0.204. The van der Waals surface area contributed by atoms with Gasteiger partial charge in [-0.25, -0.2) is 4.98 Å². The maximum Gasteiger partial charge on any atom is 0.128 e. The lowest BCUT2D eigenvalue weighted by Crippen LogP contribution is -2.30. The van der Waals surface area contributed by atoms with Crippen LogP contribution in [0.25, 0.3) is 0 Å². The molecule has 1 fully saturated rings. The Labute approximate surface area is 109 Å². The van der Waals surface area contributed by atoms with Crippen molar-refractivity contribution in [1.82, 2.24) is 10.3 Å². The first-order valence-corrected chi connectivity index (χ1v) is 6.65. The largest absolute Gasteiger partial charge is 0.383 e. The van der Waals surface area contributed by atoms with E-state index in [1.807, 2.05) is 13.2 Å². The van der Waals surface area contributed by atoms with E-state index in [0.717, 1.165) is 19.0 Å². The molecule has 1 N–H and O–H groups in total. The molecule has 1 aliphatic carbocycles. The van der Waals surface area contributed by atoms with E-state index in [-0.39, 0.29) is 0 Å². The van der Waals surface area contributed by atoms with Crippen LogP contribution in [0.2, 0.25) is 0 Å². The van der Waals surface area contributed by atoms with E-state index in [9.17, 15) is 0 Å². The van der Waals surface area contributed by atoms with Gasteiger partial charge in [-0.3, -0.25) is 0 Å². The third-order valence-corrected chi connectivity index (χ3v) is 3.52. The van der Waals surface area contributed by atoms with Crippen molar-refractivity contribution >= 4 is 5.82 Å². The van der Waals surface area contributed by atoms with Crippen molar-refractivity contribution in [3.63, 3.8) is 0 Å². The Kier molecular flexibility index (Phi) is 4.55. The lowest BCUT2D eigenvalue weighted by Gasteiger charge is -2.23. The second-order valence-corrected chi connectivity index (χ2v) is 4.88.